The number of carbonyl (C=O) groups excluding carboxylic acids is 2. The SMILES string of the molecule is CNC(=O)NC1(C=O)CCCN(C)C1. The van der Waals surface area contributed by atoms with Gasteiger partial charge in [-0.05, 0) is 26.4 Å². The van der Waals surface area contributed by atoms with Crippen molar-refractivity contribution in [2.24, 2.45) is 0 Å². The Balaban J connectivity index is 2.64. The van der Waals surface area contributed by atoms with Gasteiger partial charge in [0.25, 0.3) is 0 Å². The molecule has 1 aliphatic heterocycles. The number of likely N-dealkylation sites (N-methyl/N-ethyl adjacent to an activating group) is 1. The zero-order valence-electron chi connectivity index (χ0n) is 8.67. The molecule has 0 bridgehead atoms. The minimum Gasteiger partial charge on any atom is -0.341 e. The van der Waals surface area contributed by atoms with E-state index >= 15 is 0 Å². The van der Waals surface area contributed by atoms with Crippen molar-refractivity contribution < 1.29 is 9.59 Å². The van der Waals surface area contributed by atoms with Crippen LogP contribution in [0.15, 0.2) is 0 Å². The van der Waals surface area contributed by atoms with Gasteiger partial charge in [0.1, 0.15) is 11.8 Å². The van der Waals surface area contributed by atoms with Crippen LogP contribution in [-0.4, -0.2) is 49.9 Å². The minimum atomic E-state index is -0.701. The minimum absolute atomic E-state index is 0.299. The summed E-state index contributed by atoms with van der Waals surface area (Å²) in [5, 5.41) is 5.16. The van der Waals surface area contributed by atoms with E-state index in [0.717, 1.165) is 19.3 Å². The third-order valence-corrected chi connectivity index (χ3v) is 2.53. The fraction of sp³-hybridized carbons (Fsp3) is 0.778. The second kappa shape index (κ2) is 4.41. The summed E-state index contributed by atoms with van der Waals surface area (Å²) in [6, 6.07) is -0.299. The Morgan fingerprint density at radius 3 is 2.79 bits per heavy atom. The van der Waals surface area contributed by atoms with Crippen LogP contribution >= 0.6 is 0 Å². The van der Waals surface area contributed by atoms with Crippen molar-refractivity contribution >= 4 is 12.3 Å². The van der Waals surface area contributed by atoms with E-state index in [1.54, 1.807) is 7.05 Å². The van der Waals surface area contributed by atoms with Crippen molar-refractivity contribution in [3.8, 4) is 0 Å². The highest BCUT2D eigenvalue weighted by molar-refractivity contribution is 5.80. The van der Waals surface area contributed by atoms with E-state index in [2.05, 4.69) is 10.6 Å². The van der Waals surface area contributed by atoms with Crippen LogP contribution in [0.5, 0.6) is 0 Å². The molecule has 1 fully saturated rings. The van der Waals surface area contributed by atoms with Crippen LogP contribution in [-0.2, 0) is 4.79 Å². The number of nitrogens with one attached hydrogen (secondary N) is 2. The van der Waals surface area contributed by atoms with Crippen molar-refractivity contribution in [3.05, 3.63) is 0 Å². The molecule has 5 nitrogen and oxygen atoms in total. The summed E-state index contributed by atoms with van der Waals surface area (Å²) in [5.41, 5.74) is -0.701. The normalized spacial score (nSPS) is 28.1. The quantitative estimate of drug-likeness (QED) is 0.594. The molecular weight excluding hydrogens is 182 g/mol. The van der Waals surface area contributed by atoms with E-state index in [4.69, 9.17) is 0 Å². The van der Waals surface area contributed by atoms with Gasteiger partial charge in [0.2, 0.25) is 0 Å². The number of rotatable bonds is 2. The van der Waals surface area contributed by atoms with Gasteiger partial charge in [0.15, 0.2) is 0 Å². The molecule has 0 aromatic carbocycles. The first kappa shape index (κ1) is 11.0. The second-order valence-corrected chi connectivity index (χ2v) is 3.82. The average molecular weight is 199 g/mol. The van der Waals surface area contributed by atoms with Crippen LogP contribution < -0.4 is 10.6 Å². The zero-order chi connectivity index (χ0) is 10.6. The van der Waals surface area contributed by atoms with Crippen LogP contribution in [0.4, 0.5) is 4.79 Å². The number of amides is 2. The number of hydrogen-bond acceptors (Lipinski definition) is 3. The Labute approximate surface area is 83.8 Å². The maximum Gasteiger partial charge on any atom is 0.315 e. The number of carbonyl (C=O) groups is 2. The lowest BCUT2D eigenvalue weighted by Gasteiger charge is -2.37. The van der Waals surface area contributed by atoms with Gasteiger partial charge in [-0.2, -0.15) is 0 Å². The van der Waals surface area contributed by atoms with Gasteiger partial charge < -0.3 is 20.3 Å². The highest BCUT2D eigenvalue weighted by atomic mass is 16.2. The van der Waals surface area contributed by atoms with Crippen molar-refractivity contribution in [3.63, 3.8) is 0 Å². The number of aldehydes is 1. The summed E-state index contributed by atoms with van der Waals surface area (Å²) in [4.78, 5) is 24.2. The smallest absolute Gasteiger partial charge is 0.315 e. The van der Waals surface area contributed by atoms with Gasteiger partial charge >= 0.3 is 6.03 Å². The Morgan fingerprint density at radius 1 is 1.57 bits per heavy atom. The third kappa shape index (κ3) is 2.45. The highest BCUT2D eigenvalue weighted by Crippen LogP contribution is 2.17. The molecule has 1 saturated heterocycles. The molecule has 1 rings (SSSR count). The van der Waals surface area contributed by atoms with E-state index < -0.39 is 5.54 Å². The van der Waals surface area contributed by atoms with Crippen molar-refractivity contribution in [1.29, 1.82) is 0 Å². The molecule has 1 heterocycles. The predicted molar refractivity (Wildman–Crippen MR) is 53.1 cm³/mol. The van der Waals surface area contributed by atoms with Crippen molar-refractivity contribution in [1.82, 2.24) is 15.5 Å². The molecule has 1 unspecified atom stereocenters. The fourth-order valence-corrected chi connectivity index (χ4v) is 1.82. The molecule has 14 heavy (non-hydrogen) atoms. The van der Waals surface area contributed by atoms with Gasteiger partial charge in [0.05, 0.1) is 0 Å². The van der Waals surface area contributed by atoms with Crippen molar-refractivity contribution in [2.45, 2.75) is 18.4 Å². The molecule has 5 heteroatoms. The summed E-state index contributed by atoms with van der Waals surface area (Å²) in [6.07, 6.45) is 2.49. The van der Waals surface area contributed by atoms with Crippen molar-refractivity contribution in [2.75, 3.05) is 27.2 Å². The Morgan fingerprint density at radius 2 is 2.29 bits per heavy atom. The summed E-state index contributed by atoms with van der Waals surface area (Å²) < 4.78 is 0. The molecule has 0 radical (unpaired) electrons. The van der Waals surface area contributed by atoms with E-state index in [9.17, 15) is 9.59 Å². The van der Waals surface area contributed by atoms with E-state index in [1.165, 1.54) is 0 Å². The molecule has 1 atom stereocenters. The Kier molecular flexibility index (Phi) is 3.46. The van der Waals surface area contributed by atoms with Gasteiger partial charge in [-0.25, -0.2) is 4.79 Å². The molecule has 0 spiro atoms. The van der Waals surface area contributed by atoms with Crippen LogP contribution in [0.3, 0.4) is 0 Å². The zero-order valence-corrected chi connectivity index (χ0v) is 8.67. The van der Waals surface area contributed by atoms with Crippen LogP contribution in [0.25, 0.3) is 0 Å². The number of likely N-dealkylation sites (tertiary alicyclic amines) is 1. The first-order chi connectivity index (χ1) is 6.62. The lowest BCUT2D eigenvalue weighted by atomic mass is 9.91. The lowest BCUT2D eigenvalue weighted by molar-refractivity contribution is -0.114. The molecular formula is C9H17N3O2. The first-order valence-corrected chi connectivity index (χ1v) is 4.77. The number of urea groups is 1. The van der Waals surface area contributed by atoms with Gasteiger partial charge in [-0.15, -0.1) is 0 Å². The van der Waals surface area contributed by atoms with Gasteiger partial charge in [0, 0.05) is 13.6 Å². The third-order valence-electron chi connectivity index (χ3n) is 2.53. The monoisotopic (exact) mass is 199 g/mol. The maximum absolute atomic E-state index is 11.2. The number of nitrogens with zero attached hydrogens (tertiary/aromatic N) is 1. The predicted octanol–water partition coefficient (Wildman–Crippen LogP) is -0.421. The molecule has 0 aromatic heterocycles. The van der Waals surface area contributed by atoms with E-state index in [0.29, 0.717) is 13.0 Å². The van der Waals surface area contributed by atoms with Gasteiger partial charge in [-0.3, -0.25) is 0 Å². The molecule has 0 saturated carbocycles. The second-order valence-electron chi connectivity index (χ2n) is 3.82. The average Bonchev–Trinajstić information content (AvgIpc) is 2.17. The molecule has 2 amide bonds. The Bertz CT molecular complexity index is 232. The topological polar surface area (TPSA) is 61.4 Å². The van der Waals surface area contributed by atoms with E-state index in [-0.39, 0.29) is 6.03 Å². The standard InChI is InChI=1S/C9H17N3O2/c1-10-8(14)11-9(7-13)4-3-5-12(2)6-9/h7H,3-6H2,1-2H3,(H2,10,11,14). The van der Waals surface area contributed by atoms with Gasteiger partial charge in [-0.1, -0.05) is 0 Å². The number of hydrogen-bond donors (Lipinski definition) is 2. The summed E-state index contributed by atoms with van der Waals surface area (Å²) >= 11 is 0. The Hall–Kier alpha value is -1.10. The molecule has 2 N–H and O–H groups in total. The van der Waals surface area contributed by atoms with Crippen LogP contribution in [0.2, 0.25) is 0 Å². The fourth-order valence-electron chi connectivity index (χ4n) is 1.82. The summed E-state index contributed by atoms with van der Waals surface area (Å²) in [6.45, 7) is 1.56. The van der Waals surface area contributed by atoms with E-state index in [1.807, 2.05) is 11.9 Å². The number of piperidine rings is 1. The molecule has 0 aliphatic carbocycles. The summed E-state index contributed by atoms with van der Waals surface area (Å²) in [5.74, 6) is 0. The van der Waals surface area contributed by atoms with Crippen LogP contribution in [0, 0.1) is 0 Å². The highest BCUT2D eigenvalue weighted by Gasteiger charge is 2.35. The maximum atomic E-state index is 11.2. The largest absolute Gasteiger partial charge is 0.341 e. The first-order valence-electron chi connectivity index (χ1n) is 4.77. The van der Waals surface area contributed by atoms with Crippen LogP contribution in [0.1, 0.15) is 12.8 Å². The molecule has 1 aliphatic rings. The lowest BCUT2D eigenvalue weighted by Crippen LogP contribution is -2.60. The molecule has 0 aromatic rings. The molecule has 80 valence electrons. The summed E-state index contributed by atoms with van der Waals surface area (Å²) in [7, 11) is 3.49.